The van der Waals surface area contributed by atoms with Gasteiger partial charge < -0.3 is 26.3 Å². The summed E-state index contributed by atoms with van der Waals surface area (Å²) in [6.45, 7) is 5.19. The molecule has 0 aliphatic carbocycles. The molecule has 0 saturated heterocycles. The number of aliphatic imine (C=N–C) groups is 1. The van der Waals surface area contributed by atoms with Crippen molar-refractivity contribution >= 4 is 24.2 Å². The van der Waals surface area contributed by atoms with Crippen LogP contribution >= 0.6 is 0 Å². The highest BCUT2D eigenvalue weighted by Crippen LogP contribution is 2.11. The number of aliphatic hydroxyl groups is 1. The molecule has 0 aliphatic rings. The first kappa shape index (κ1) is 30.6. The smallest absolute Gasteiger partial charge is 0.244 e. The highest BCUT2D eigenvalue weighted by molar-refractivity contribution is 6.00. The molecule has 186 valence electrons. The van der Waals surface area contributed by atoms with Crippen LogP contribution in [0, 0.1) is 10.8 Å². The summed E-state index contributed by atoms with van der Waals surface area (Å²) in [5.74, 6) is 0.497. The first-order chi connectivity index (χ1) is 16.2. The van der Waals surface area contributed by atoms with Crippen molar-refractivity contribution in [2.45, 2.75) is 32.9 Å². The second kappa shape index (κ2) is 19.1. The number of carbonyl (C=O) groups excluding carboxylic acids is 1. The fourth-order valence-electron chi connectivity index (χ4n) is 2.28. The van der Waals surface area contributed by atoms with Gasteiger partial charge in [0.25, 0.3) is 0 Å². The van der Waals surface area contributed by atoms with Crippen molar-refractivity contribution in [3.05, 3.63) is 65.3 Å². The molecule has 0 spiro atoms. The Morgan fingerprint density at radius 1 is 1.24 bits per heavy atom. The van der Waals surface area contributed by atoms with Gasteiger partial charge in [-0.25, -0.2) is 4.99 Å². The molecule has 0 bridgehead atoms. The molecule has 7 N–H and O–H groups in total. The van der Waals surface area contributed by atoms with E-state index < -0.39 is 12.1 Å². The van der Waals surface area contributed by atoms with Crippen molar-refractivity contribution in [2.24, 2.45) is 10.7 Å². The molecule has 1 aromatic rings. The topological polar surface area (TPSA) is 157 Å². The van der Waals surface area contributed by atoms with Gasteiger partial charge in [0.15, 0.2) is 5.84 Å². The first-order valence-corrected chi connectivity index (χ1v) is 10.9. The average Bonchev–Trinajstić information content (AvgIpc) is 2.84. The van der Waals surface area contributed by atoms with Crippen LogP contribution in [-0.2, 0) is 4.79 Å². The van der Waals surface area contributed by atoms with Crippen LogP contribution in [0.2, 0.25) is 0 Å². The maximum atomic E-state index is 10.6. The van der Waals surface area contributed by atoms with Gasteiger partial charge in [-0.3, -0.25) is 15.5 Å². The number of nitrogens with two attached hydrogens (primary N) is 1. The molecule has 1 unspecified atom stereocenters. The molecule has 9 nitrogen and oxygen atoms in total. The number of primary amides is 1. The number of nitrogens with one attached hydrogen (secondary N) is 4. The normalized spacial score (nSPS) is 12.9. The lowest BCUT2D eigenvalue weighted by molar-refractivity contribution is -0.114. The van der Waals surface area contributed by atoms with Crippen LogP contribution < -0.4 is 21.1 Å². The van der Waals surface area contributed by atoms with Gasteiger partial charge in [0.2, 0.25) is 5.91 Å². The van der Waals surface area contributed by atoms with Crippen molar-refractivity contribution in [1.29, 1.82) is 10.8 Å². The van der Waals surface area contributed by atoms with Crippen molar-refractivity contribution in [1.82, 2.24) is 10.6 Å². The van der Waals surface area contributed by atoms with Crippen LogP contribution in [0.3, 0.4) is 0 Å². The second-order valence-electron chi connectivity index (χ2n) is 7.20. The van der Waals surface area contributed by atoms with Gasteiger partial charge in [-0.05, 0) is 70.7 Å². The first-order valence-electron chi connectivity index (χ1n) is 10.9. The van der Waals surface area contributed by atoms with Crippen LogP contribution in [0.4, 0.5) is 0 Å². The molecule has 1 amide bonds. The Kier molecular flexibility index (Phi) is 17.2. The minimum atomic E-state index is -0.630. The number of rotatable bonds is 13. The molecule has 34 heavy (non-hydrogen) atoms. The van der Waals surface area contributed by atoms with Crippen LogP contribution in [0.1, 0.15) is 32.3 Å². The number of hydrogen-bond donors (Lipinski definition) is 6. The van der Waals surface area contributed by atoms with Gasteiger partial charge in [0.1, 0.15) is 12.0 Å². The predicted octanol–water partition coefficient (Wildman–Crippen LogP) is 2.57. The average molecular weight is 471 g/mol. The Bertz CT molecular complexity index is 873. The van der Waals surface area contributed by atoms with E-state index in [2.05, 4.69) is 15.6 Å². The number of amidine groups is 1. The Labute approximate surface area is 202 Å². The molecular weight excluding hydrogens is 432 g/mol. The van der Waals surface area contributed by atoms with E-state index in [9.17, 15) is 9.90 Å². The highest BCUT2D eigenvalue weighted by atomic mass is 16.5. The molecule has 0 aliphatic heterocycles. The van der Waals surface area contributed by atoms with E-state index in [0.29, 0.717) is 17.6 Å². The lowest BCUT2D eigenvalue weighted by Gasteiger charge is -2.09. The van der Waals surface area contributed by atoms with Crippen LogP contribution in [-0.4, -0.2) is 62.8 Å². The lowest BCUT2D eigenvalue weighted by atomic mass is 10.2. The van der Waals surface area contributed by atoms with Gasteiger partial charge in [0.05, 0.1) is 7.11 Å². The van der Waals surface area contributed by atoms with E-state index in [-0.39, 0.29) is 5.84 Å². The maximum absolute atomic E-state index is 10.6. The zero-order valence-electron chi connectivity index (χ0n) is 20.5. The van der Waals surface area contributed by atoms with Crippen molar-refractivity contribution in [3.8, 4) is 5.75 Å². The van der Waals surface area contributed by atoms with E-state index in [1.165, 1.54) is 6.21 Å². The Morgan fingerprint density at radius 2 is 1.91 bits per heavy atom. The minimum Gasteiger partial charge on any atom is -0.497 e. The fourth-order valence-corrected chi connectivity index (χ4v) is 2.28. The second-order valence-corrected chi connectivity index (χ2v) is 7.20. The molecule has 0 fully saturated rings. The minimum absolute atomic E-state index is 0.167. The standard InChI is InChI=1S/C15H24N4O2.C10H14N2O/c1-17-9-3-10-18-14(20)8-11-19-15(16)12-4-6-13(21-2)7-5-12;1-8(4-3-7-11)5-6-9(2)10(12)13/h4-7,11,14,16-18,20H,3,8-10H2,1-2H3;3-7,11H,1-2H3,(H2,12,13)/b;4-3+,8-5-,9-6+,11-7?. The summed E-state index contributed by atoms with van der Waals surface area (Å²) in [5, 5.41) is 30.3. The number of carbonyl (C=O) groups is 1. The third-order valence-electron chi connectivity index (χ3n) is 4.34. The maximum Gasteiger partial charge on any atom is 0.244 e. The Hall–Kier alpha value is -3.40. The molecular formula is C25H38N6O3. The summed E-state index contributed by atoms with van der Waals surface area (Å²) in [5.41, 5.74) is 7.22. The number of aliphatic hydroxyl groups excluding tert-OH is 1. The molecule has 0 heterocycles. The van der Waals surface area contributed by atoms with Crippen molar-refractivity contribution in [3.63, 3.8) is 0 Å². The molecule has 1 rings (SSSR count). The lowest BCUT2D eigenvalue weighted by Crippen LogP contribution is -2.31. The van der Waals surface area contributed by atoms with Gasteiger partial charge >= 0.3 is 0 Å². The number of ether oxygens (including phenoxy) is 1. The van der Waals surface area contributed by atoms with E-state index in [1.807, 2.05) is 14.0 Å². The molecule has 0 radical (unpaired) electrons. The third-order valence-corrected chi connectivity index (χ3v) is 4.34. The number of benzene rings is 1. The van der Waals surface area contributed by atoms with E-state index in [4.69, 9.17) is 21.3 Å². The monoisotopic (exact) mass is 470 g/mol. The number of nitrogens with zero attached hydrogens (tertiary/aromatic N) is 1. The van der Waals surface area contributed by atoms with Gasteiger partial charge in [0, 0.05) is 30.0 Å². The van der Waals surface area contributed by atoms with E-state index >= 15 is 0 Å². The number of amides is 1. The molecule has 0 saturated carbocycles. The van der Waals surface area contributed by atoms with Crippen molar-refractivity contribution in [2.75, 3.05) is 27.2 Å². The largest absolute Gasteiger partial charge is 0.497 e. The highest BCUT2D eigenvalue weighted by Gasteiger charge is 2.02. The van der Waals surface area contributed by atoms with Crippen LogP contribution in [0.25, 0.3) is 0 Å². The van der Waals surface area contributed by atoms with Gasteiger partial charge in [-0.15, -0.1) is 0 Å². The quantitative estimate of drug-likeness (QED) is 0.0652. The summed E-state index contributed by atoms with van der Waals surface area (Å²) in [6, 6.07) is 7.14. The van der Waals surface area contributed by atoms with Gasteiger partial charge in [-0.2, -0.15) is 0 Å². The predicted molar refractivity (Wildman–Crippen MR) is 140 cm³/mol. The van der Waals surface area contributed by atoms with E-state index in [0.717, 1.165) is 30.8 Å². The summed E-state index contributed by atoms with van der Waals surface area (Å²) >= 11 is 0. The molecule has 1 aromatic carbocycles. The molecule has 1 atom stereocenters. The molecule has 0 aromatic heterocycles. The molecule has 9 heteroatoms. The van der Waals surface area contributed by atoms with Crippen molar-refractivity contribution < 1.29 is 14.6 Å². The zero-order chi connectivity index (χ0) is 25.8. The summed E-state index contributed by atoms with van der Waals surface area (Å²) < 4.78 is 5.06. The number of hydrogen-bond acceptors (Lipinski definition) is 7. The van der Waals surface area contributed by atoms with E-state index in [1.54, 1.807) is 68.8 Å². The fraction of sp³-hybridized carbons (Fsp3) is 0.360. The Balaban J connectivity index is 0.000000722. The summed E-state index contributed by atoms with van der Waals surface area (Å²) in [6.07, 6.45) is 10.3. The van der Waals surface area contributed by atoms with Crippen LogP contribution in [0.15, 0.2) is 64.7 Å². The van der Waals surface area contributed by atoms with Crippen LogP contribution in [0.5, 0.6) is 5.75 Å². The zero-order valence-corrected chi connectivity index (χ0v) is 20.5. The van der Waals surface area contributed by atoms with Gasteiger partial charge in [-0.1, -0.05) is 23.8 Å². The SMILES string of the molecule is CC(=C/C=C(\C)C(N)=O)/C=C/C=N.CNCCCNC(O)CC=NC(=N)c1ccc(OC)cc1. The number of methoxy groups -OCH3 is 1. The summed E-state index contributed by atoms with van der Waals surface area (Å²) in [4.78, 5) is 14.6. The Morgan fingerprint density at radius 3 is 2.47 bits per heavy atom. The number of allylic oxidation sites excluding steroid dienone is 5. The third kappa shape index (κ3) is 15.4. The summed E-state index contributed by atoms with van der Waals surface area (Å²) in [7, 11) is 3.50.